The summed E-state index contributed by atoms with van der Waals surface area (Å²) in [5.41, 5.74) is 2.23. The molecule has 0 amide bonds. The van der Waals surface area contributed by atoms with Gasteiger partial charge >= 0.3 is 0 Å². The quantitative estimate of drug-likeness (QED) is 0.668. The molecule has 2 aliphatic heterocycles. The van der Waals surface area contributed by atoms with Crippen molar-refractivity contribution < 1.29 is 4.52 Å². The van der Waals surface area contributed by atoms with Gasteiger partial charge in [-0.3, -0.25) is 9.88 Å². The standard InChI is InChI=1S/C21H21ClN4O/c1-26-16-6-7-18(26)19(17(12-16)13-2-4-15(22)5-3-13)21-24-20(25-27-21)14-8-10-23-11-9-14/h2-5,8-11,16-19H,6-7,12H2,1H3/t16?,17-,18-,19-/m1/s1. The molecule has 3 aromatic rings. The highest BCUT2D eigenvalue weighted by molar-refractivity contribution is 6.30. The van der Waals surface area contributed by atoms with Gasteiger partial charge in [-0.05, 0) is 62.1 Å². The molecule has 0 saturated carbocycles. The summed E-state index contributed by atoms with van der Waals surface area (Å²) < 4.78 is 5.80. The normalized spacial score (nSPS) is 27.8. The first-order valence-electron chi connectivity index (χ1n) is 9.42. The Balaban J connectivity index is 1.54. The monoisotopic (exact) mass is 380 g/mol. The van der Waals surface area contributed by atoms with Crippen LogP contribution in [-0.2, 0) is 0 Å². The zero-order chi connectivity index (χ0) is 18.4. The number of nitrogens with zero attached hydrogens (tertiary/aromatic N) is 4. The lowest BCUT2D eigenvalue weighted by molar-refractivity contribution is 0.120. The van der Waals surface area contributed by atoms with Crippen LogP contribution in [0.4, 0.5) is 0 Å². The lowest BCUT2D eigenvalue weighted by Crippen LogP contribution is -2.44. The van der Waals surface area contributed by atoms with Crippen LogP contribution in [0.25, 0.3) is 11.4 Å². The Bertz CT molecular complexity index is 927. The summed E-state index contributed by atoms with van der Waals surface area (Å²) in [7, 11) is 2.23. The summed E-state index contributed by atoms with van der Waals surface area (Å²) in [5.74, 6) is 1.92. The highest BCUT2D eigenvalue weighted by Gasteiger charge is 2.48. The SMILES string of the molecule is CN1C2CC[C@@H]1[C@H](c1nc(-c3ccncc3)no1)[C@@H](c1ccc(Cl)cc1)C2. The maximum absolute atomic E-state index is 6.11. The first-order valence-corrected chi connectivity index (χ1v) is 9.80. The largest absolute Gasteiger partial charge is 0.339 e. The van der Waals surface area contributed by atoms with E-state index < -0.39 is 0 Å². The van der Waals surface area contributed by atoms with E-state index in [-0.39, 0.29) is 5.92 Å². The fraction of sp³-hybridized carbons (Fsp3) is 0.381. The van der Waals surface area contributed by atoms with Crippen molar-refractivity contribution in [2.24, 2.45) is 0 Å². The highest BCUT2D eigenvalue weighted by Crippen LogP contribution is 2.50. The van der Waals surface area contributed by atoms with Gasteiger partial charge in [0, 0.05) is 35.1 Å². The Hall–Kier alpha value is -2.24. The van der Waals surface area contributed by atoms with Crippen molar-refractivity contribution in [1.29, 1.82) is 0 Å². The van der Waals surface area contributed by atoms with Gasteiger partial charge in [-0.1, -0.05) is 28.9 Å². The van der Waals surface area contributed by atoms with E-state index in [2.05, 4.69) is 34.2 Å². The van der Waals surface area contributed by atoms with Crippen LogP contribution >= 0.6 is 11.6 Å². The first-order chi connectivity index (χ1) is 13.2. The molecule has 2 aliphatic rings. The minimum absolute atomic E-state index is 0.193. The molecule has 0 aliphatic carbocycles. The summed E-state index contributed by atoms with van der Waals surface area (Å²) in [5, 5.41) is 5.03. The number of piperidine rings is 1. The van der Waals surface area contributed by atoms with Crippen LogP contribution < -0.4 is 0 Å². The minimum Gasteiger partial charge on any atom is -0.339 e. The fourth-order valence-electron chi connectivity index (χ4n) is 4.85. The fourth-order valence-corrected chi connectivity index (χ4v) is 4.97. The Morgan fingerprint density at radius 2 is 1.85 bits per heavy atom. The molecule has 4 heterocycles. The van der Waals surface area contributed by atoms with E-state index in [0.717, 1.165) is 22.9 Å². The smallest absolute Gasteiger partial charge is 0.232 e. The molecule has 2 aromatic heterocycles. The molecule has 27 heavy (non-hydrogen) atoms. The maximum atomic E-state index is 6.11. The van der Waals surface area contributed by atoms with Crippen molar-refractivity contribution in [2.75, 3.05) is 7.05 Å². The van der Waals surface area contributed by atoms with Gasteiger partial charge in [0.1, 0.15) is 0 Å². The van der Waals surface area contributed by atoms with Crippen molar-refractivity contribution in [3.63, 3.8) is 0 Å². The molecule has 0 radical (unpaired) electrons. The lowest BCUT2D eigenvalue weighted by atomic mass is 9.76. The molecule has 4 atom stereocenters. The molecule has 2 fully saturated rings. The zero-order valence-corrected chi connectivity index (χ0v) is 15.9. The lowest BCUT2D eigenvalue weighted by Gasteiger charge is -2.41. The summed E-state index contributed by atoms with van der Waals surface area (Å²) in [6.45, 7) is 0. The third-order valence-electron chi connectivity index (χ3n) is 6.23. The predicted molar refractivity (Wildman–Crippen MR) is 104 cm³/mol. The van der Waals surface area contributed by atoms with E-state index in [1.165, 1.54) is 18.4 Å². The number of pyridine rings is 1. The van der Waals surface area contributed by atoms with Gasteiger partial charge in [-0.15, -0.1) is 0 Å². The van der Waals surface area contributed by atoms with Gasteiger partial charge in [0.2, 0.25) is 11.7 Å². The van der Waals surface area contributed by atoms with Crippen LogP contribution in [0.5, 0.6) is 0 Å². The van der Waals surface area contributed by atoms with Crippen LogP contribution in [0.3, 0.4) is 0 Å². The second-order valence-corrected chi connectivity index (χ2v) is 8.01. The van der Waals surface area contributed by atoms with E-state index >= 15 is 0 Å². The molecular formula is C21H21ClN4O. The van der Waals surface area contributed by atoms with Crippen molar-refractivity contribution in [3.05, 3.63) is 65.3 Å². The van der Waals surface area contributed by atoms with E-state index in [9.17, 15) is 0 Å². The number of aromatic nitrogens is 3. The van der Waals surface area contributed by atoms with Crippen LogP contribution in [0.1, 0.15) is 42.6 Å². The summed E-state index contributed by atoms with van der Waals surface area (Å²) in [4.78, 5) is 11.4. The third kappa shape index (κ3) is 2.95. The maximum Gasteiger partial charge on any atom is 0.232 e. The summed E-state index contributed by atoms with van der Waals surface area (Å²) >= 11 is 6.11. The van der Waals surface area contributed by atoms with Gasteiger partial charge in [0.15, 0.2) is 0 Å². The number of rotatable bonds is 3. The number of likely N-dealkylation sites (N-methyl/N-ethyl adjacent to an activating group) is 1. The zero-order valence-electron chi connectivity index (χ0n) is 15.1. The van der Waals surface area contributed by atoms with E-state index in [0.29, 0.717) is 23.8 Å². The Kier molecular flexibility index (Phi) is 4.21. The van der Waals surface area contributed by atoms with Crippen LogP contribution in [0, 0.1) is 0 Å². The van der Waals surface area contributed by atoms with Crippen LogP contribution in [0.15, 0.2) is 53.3 Å². The number of fused-ring (bicyclic) bond motifs is 2. The van der Waals surface area contributed by atoms with Crippen molar-refractivity contribution in [3.8, 4) is 11.4 Å². The van der Waals surface area contributed by atoms with Crippen LogP contribution in [-0.4, -0.2) is 39.2 Å². The van der Waals surface area contributed by atoms with Crippen molar-refractivity contribution in [2.45, 2.75) is 43.2 Å². The van der Waals surface area contributed by atoms with Crippen molar-refractivity contribution in [1.82, 2.24) is 20.0 Å². The number of halogens is 1. The molecule has 1 aromatic carbocycles. The molecule has 0 N–H and O–H groups in total. The van der Waals surface area contributed by atoms with Gasteiger partial charge in [-0.2, -0.15) is 4.98 Å². The Morgan fingerprint density at radius 1 is 1.07 bits per heavy atom. The summed E-state index contributed by atoms with van der Waals surface area (Å²) in [6.07, 6.45) is 7.00. The molecule has 1 unspecified atom stereocenters. The minimum atomic E-state index is 0.193. The molecule has 2 bridgehead atoms. The van der Waals surface area contributed by atoms with Crippen molar-refractivity contribution >= 4 is 11.6 Å². The average molecular weight is 381 g/mol. The van der Waals surface area contributed by atoms with Crippen LogP contribution in [0.2, 0.25) is 5.02 Å². The van der Waals surface area contributed by atoms with E-state index in [1.54, 1.807) is 12.4 Å². The number of hydrogen-bond acceptors (Lipinski definition) is 5. The highest BCUT2D eigenvalue weighted by atomic mass is 35.5. The van der Waals surface area contributed by atoms with E-state index in [4.69, 9.17) is 21.1 Å². The molecule has 5 rings (SSSR count). The Morgan fingerprint density at radius 3 is 2.63 bits per heavy atom. The Labute approximate surface area is 163 Å². The van der Waals surface area contributed by atoms with Gasteiger partial charge in [0.25, 0.3) is 0 Å². The number of benzene rings is 1. The molecule has 138 valence electrons. The molecule has 2 saturated heterocycles. The van der Waals surface area contributed by atoms with E-state index in [1.807, 2.05) is 24.3 Å². The van der Waals surface area contributed by atoms with Gasteiger partial charge in [-0.25, -0.2) is 0 Å². The van der Waals surface area contributed by atoms with Gasteiger partial charge in [0.05, 0.1) is 5.92 Å². The topological polar surface area (TPSA) is 55.1 Å². The molecule has 0 spiro atoms. The first kappa shape index (κ1) is 16.9. The predicted octanol–water partition coefficient (Wildman–Crippen LogP) is 4.52. The summed E-state index contributed by atoms with van der Waals surface area (Å²) in [6, 6.07) is 13.1. The van der Waals surface area contributed by atoms with Gasteiger partial charge < -0.3 is 4.52 Å². The number of hydrogen-bond donors (Lipinski definition) is 0. The molecule has 5 nitrogen and oxygen atoms in total. The third-order valence-corrected chi connectivity index (χ3v) is 6.48. The average Bonchev–Trinajstić information content (AvgIpc) is 3.26. The molecule has 6 heteroatoms. The second-order valence-electron chi connectivity index (χ2n) is 7.58. The second kappa shape index (κ2) is 6.73. The molecular weight excluding hydrogens is 360 g/mol.